The van der Waals surface area contributed by atoms with Crippen LogP contribution in [0.15, 0.2) is 0 Å². The molecule has 1 saturated heterocycles. The van der Waals surface area contributed by atoms with E-state index in [1.54, 1.807) is 0 Å². The zero-order chi connectivity index (χ0) is 6.69. The second-order valence-electron chi connectivity index (χ2n) is 3.05. The molecule has 1 heteroatoms. The summed E-state index contributed by atoms with van der Waals surface area (Å²) in [5.41, 5.74) is 0. The van der Waals surface area contributed by atoms with Crippen molar-refractivity contribution in [2.24, 2.45) is 0 Å². The Balaban J connectivity index is 1.83. The van der Waals surface area contributed by atoms with Gasteiger partial charge in [-0.05, 0) is 19.9 Å². The molecule has 0 spiro atoms. The molecular weight excluding hydrogens is 110 g/mol. The van der Waals surface area contributed by atoms with E-state index < -0.39 is 0 Å². The van der Waals surface area contributed by atoms with Gasteiger partial charge >= 0.3 is 0 Å². The van der Waals surface area contributed by atoms with Crippen molar-refractivity contribution >= 4 is 0 Å². The first-order chi connectivity index (χ1) is 4.34. The maximum atomic E-state index is 2.52. The number of rotatable bonds is 4. The largest absolute Gasteiger partial charge is 0.298 e. The molecule has 0 aromatic heterocycles. The third kappa shape index (κ3) is 2.35. The monoisotopic (exact) mass is 127 g/mol. The average molecular weight is 127 g/mol. The summed E-state index contributed by atoms with van der Waals surface area (Å²) in [5.74, 6) is 0. The van der Waals surface area contributed by atoms with Gasteiger partial charge in [0.25, 0.3) is 0 Å². The van der Waals surface area contributed by atoms with Crippen LogP contribution in [0, 0.1) is 0 Å². The Hall–Kier alpha value is -0.0400. The maximum Gasteiger partial charge on any atom is 0.0195 e. The summed E-state index contributed by atoms with van der Waals surface area (Å²) in [6, 6.07) is 0.904. The fourth-order valence-corrected chi connectivity index (χ4v) is 1.17. The molecular formula is C8H17N. The van der Waals surface area contributed by atoms with Crippen LogP contribution in [-0.2, 0) is 0 Å². The molecule has 0 aromatic rings. The SMILES string of the molecule is CCCCCN1CC1C. The van der Waals surface area contributed by atoms with Crippen LogP contribution in [0.3, 0.4) is 0 Å². The van der Waals surface area contributed by atoms with Crippen LogP contribution >= 0.6 is 0 Å². The molecule has 9 heavy (non-hydrogen) atoms. The Morgan fingerprint density at radius 2 is 2.11 bits per heavy atom. The second kappa shape index (κ2) is 3.21. The average Bonchev–Trinajstić information content (AvgIpc) is 2.48. The first-order valence-corrected chi connectivity index (χ1v) is 4.08. The van der Waals surface area contributed by atoms with Crippen LogP contribution in [0.25, 0.3) is 0 Å². The van der Waals surface area contributed by atoms with E-state index in [0.29, 0.717) is 0 Å². The van der Waals surface area contributed by atoms with Gasteiger partial charge in [-0.1, -0.05) is 19.8 Å². The van der Waals surface area contributed by atoms with Crippen molar-refractivity contribution in [3.8, 4) is 0 Å². The number of hydrogen-bond donors (Lipinski definition) is 0. The van der Waals surface area contributed by atoms with E-state index in [-0.39, 0.29) is 0 Å². The van der Waals surface area contributed by atoms with Crippen molar-refractivity contribution in [3.05, 3.63) is 0 Å². The van der Waals surface area contributed by atoms with Crippen LogP contribution in [-0.4, -0.2) is 24.0 Å². The normalized spacial score (nSPS) is 32.7. The van der Waals surface area contributed by atoms with E-state index >= 15 is 0 Å². The third-order valence-corrected chi connectivity index (χ3v) is 2.04. The molecule has 1 aliphatic rings. The van der Waals surface area contributed by atoms with Gasteiger partial charge < -0.3 is 0 Å². The van der Waals surface area contributed by atoms with Gasteiger partial charge in [0.1, 0.15) is 0 Å². The van der Waals surface area contributed by atoms with Gasteiger partial charge in [0, 0.05) is 12.6 Å². The summed E-state index contributed by atoms with van der Waals surface area (Å²) in [6.45, 7) is 7.25. The molecule has 0 aliphatic carbocycles. The van der Waals surface area contributed by atoms with E-state index in [9.17, 15) is 0 Å². The highest BCUT2D eigenvalue weighted by Crippen LogP contribution is 2.16. The molecule has 1 heterocycles. The molecule has 2 unspecified atom stereocenters. The van der Waals surface area contributed by atoms with Gasteiger partial charge in [-0.15, -0.1) is 0 Å². The van der Waals surface area contributed by atoms with Crippen LogP contribution in [0.1, 0.15) is 33.1 Å². The lowest BCUT2D eigenvalue weighted by molar-refractivity contribution is 0.487. The molecule has 1 fully saturated rings. The van der Waals surface area contributed by atoms with E-state index in [1.807, 2.05) is 0 Å². The maximum absolute atomic E-state index is 2.52. The molecule has 0 saturated carbocycles. The Kier molecular flexibility index (Phi) is 2.52. The van der Waals surface area contributed by atoms with Crippen molar-refractivity contribution in [1.82, 2.24) is 4.90 Å². The quantitative estimate of drug-likeness (QED) is 0.411. The van der Waals surface area contributed by atoms with Gasteiger partial charge in [0.15, 0.2) is 0 Å². The number of nitrogens with zero attached hydrogens (tertiary/aromatic N) is 1. The van der Waals surface area contributed by atoms with Crippen molar-refractivity contribution in [1.29, 1.82) is 0 Å². The number of unbranched alkanes of at least 4 members (excludes halogenated alkanes) is 2. The van der Waals surface area contributed by atoms with Crippen molar-refractivity contribution in [2.75, 3.05) is 13.1 Å². The number of hydrogen-bond acceptors (Lipinski definition) is 1. The molecule has 0 aromatic carbocycles. The van der Waals surface area contributed by atoms with E-state index in [1.165, 1.54) is 32.4 Å². The fraction of sp³-hybridized carbons (Fsp3) is 1.00. The Bertz CT molecular complexity index is 80.6. The summed E-state index contributed by atoms with van der Waals surface area (Å²) in [6.07, 6.45) is 4.16. The highest BCUT2D eigenvalue weighted by atomic mass is 15.3. The highest BCUT2D eigenvalue weighted by Gasteiger charge is 2.27. The lowest BCUT2D eigenvalue weighted by Crippen LogP contribution is -2.00. The van der Waals surface area contributed by atoms with Gasteiger partial charge in [-0.3, -0.25) is 4.90 Å². The first kappa shape index (κ1) is 7.07. The van der Waals surface area contributed by atoms with Crippen molar-refractivity contribution < 1.29 is 0 Å². The van der Waals surface area contributed by atoms with Gasteiger partial charge in [-0.2, -0.15) is 0 Å². The molecule has 54 valence electrons. The molecule has 0 N–H and O–H groups in total. The summed E-state index contributed by atoms with van der Waals surface area (Å²) in [4.78, 5) is 2.52. The summed E-state index contributed by atoms with van der Waals surface area (Å²) < 4.78 is 0. The predicted octanol–water partition coefficient (Wildman–Crippen LogP) is 1.88. The van der Waals surface area contributed by atoms with Crippen molar-refractivity contribution in [3.63, 3.8) is 0 Å². The van der Waals surface area contributed by atoms with Crippen LogP contribution in [0.4, 0.5) is 0 Å². The second-order valence-corrected chi connectivity index (χ2v) is 3.05. The molecule has 0 amide bonds. The van der Waals surface area contributed by atoms with Crippen LogP contribution < -0.4 is 0 Å². The van der Waals surface area contributed by atoms with E-state index in [0.717, 1.165) is 6.04 Å². The molecule has 2 atom stereocenters. The summed E-state index contributed by atoms with van der Waals surface area (Å²) in [5, 5.41) is 0. The minimum Gasteiger partial charge on any atom is -0.298 e. The van der Waals surface area contributed by atoms with Gasteiger partial charge in [-0.25, -0.2) is 0 Å². The first-order valence-electron chi connectivity index (χ1n) is 4.08. The molecule has 1 rings (SSSR count). The lowest BCUT2D eigenvalue weighted by atomic mass is 10.2. The van der Waals surface area contributed by atoms with Gasteiger partial charge in [0.05, 0.1) is 0 Å². The zero-order valence-corrected chi connectivity index (χ0v) is 6.56. The van der Waals surface area contributed by atoms with Crippen LogP contribution in [0.2, 0.25) is 0 Å². The zero-order valence-electron chi connectivity index (χ0n) is 6.56. The van der Waals surface area contributed by atoms with Crippen molar-refractivity contribution in [2.45, 2.75) is 39.2 Å². The standard InChI is InChI=1S/C8H17N/c1-3-4-5-6-9-7-8(9)2/h8H,3-7H2,1-2H3. The highest BCUT2D eigenvalue weighted by molar-refractivity contribution is 4.83. The lowest BCUT2D eigenvalue weighted by Gasteiger charge is -1.98. The predicted molar refractivity (Wildman–Crippen MR) is 40.6 cm³/mol. The van der Waals surface area contributed by atoms with E-state index in [4.69, 9.17) is 0 Å². The minimum absolute atomic E-state index is 0.904. The Morgan fingerprint density at radius 1 is 1.44 bits per heavy atom. The smallest absolute Gasteiger partial charge is 0.0195 e. The molecule has 1 nitrogen and oxygen atoms in total. The fourth-order valence-electron chi connectivity index (χ4n) is 1.17. The third-order valence-electron chi connectivity index (χ3n) is 2.04. The van der Waals surface area contributed by atoms with E-state index in [2.05, 4.69) is 18.7 Å². The molecule has 0 bridgehead atoms. The molecule has 0 radical (unpaired) electrons. The summed E-state index contributed by atoms with van der Waals surface area (Å²) >= 11 is 0. The summed E-state index contributed by atoms with van der Waals surface area (Å²) in [7, 11) is 0. The minimum atomic E-state index is 0.904. The Labute approximate surface area is 58.0 Å². The van der Waals surface area contributed by atoms with Gasteiger partial charge in [0.2, 0.25) is 0 Å². The van der Waals surface area contributed by atoms with Crippen LogP contribution in [0.5, 0.6) is 0 Å². The topological polar surface area (TPSA) is 3.01 Å². The molecule has 1 aliphatic heterocycles. The Morgan fingerprint density at radius 3 is 2.56 bits per heavy atom.